The monoisotopic (exact) mass is 322 g/mol. The topological polar surface area (TPSA) is 25.8 Å². The minimum atomic E-state index is 0.288. The quantitative estimate of drug-likeness (QED) is 0.618. The van der Waals surface area contributed by atoms with E-state index in [0.717, 1.165) is 0 Å². The first-order valence-electron chi connectivity index (χ1n) is 9.13. The standard InChI is InChI=1S/2C11H15N/c2*1-8-7-11(2,3)10-9(8)5-4-6-12-10/h2*4-6,8H,7H2,1-3H3. The maximum absolute atomic E-state index is 4.46. The molecule has 0 amide bonds. The van der Waals surface area contributed by atoms with Gasteiger partial charge in [-0.25, -0.2) is 0 Å². The number of fused-ring (bicyclic) bond motifs is 2. The van der Waals surface area contributed by atoms with Crippen LogP contribution in [-0.2, 0) is 10.8 Å². The Labute approximate surface area is 146 Å². The van der Waals surface area contributed by atoms with Crippen molar-refractivity contribution >= 4 is 0 Å². The summed E-state index contributed by atoms with van der Waals surface area (Å²) >= 11 is 0. The molecule has 0 aliphatic heterocycles. The van der Waals surface area contributed by atoms with Gasteiger partial charge in [-0.3, -0.25) is 9.97 Å². The van der Waals surface area contributed by atoms with Crippen LogP contribution in [0.5, 0.6) is 0 Å². The Bertz CT molecular complexity index is 667. The minimum Gasteiger partial charge on any atom is -0.260 e. The summed E-state index contributed by atoms with van der Waals surface area (Å²) in [5.74, 6) is 1.37. The number of nitrogens with zero attached hydrogens (tertiary/aromatic N) is 2. The molecule has 128 valence electrons. The average Bonchev–Trinajstić information content (AvgIpc) is 2.91. The van der Waals surface area contributed by atoms with Crippen molar-refractivity contribution in [3.8, 4) is 0 Å². The largest absolute Gasteiger partial charge is 0.260 e. The summed E-state index contributed by atoms with van der Waals surface area (Å²) in [5.41, 5.74) is 6.08. The molecule has 2 aromatic heterocycles. The first-order valence-corrected chi connectivity index (χ1v) is 9.13. The molecule has 2 atom stereocenters. The summed E-state index contributed by atoms with van der Waals surface area (Å²) in [5, 5.41) is 0. The van der Waals surface area contributed by atoms with Crippen molar-refractivity contribution in [2.45, 2.75) is 77.0 Å². The SMILES string of the molecule is CC1CC(C)(C)c2ncccc21.CC1CC(C)(C)c2ncccc21. The second-order valence-corrected chi connectivity index (χ2v) is 8.86. The van der Waals surface area contributed by atoms with E-state index in [4.69, 9.17) is 0 Å². The molecule has 0 saturated carbocycles. The molecule has 24 heavy (non-hydrogen) atoms. The van der Waals surface area contributed by atoms with Crippen LogP contribution in [0.25, 0.3) is 0 Å². The summed E-state index contributed by atoms with van der Waals surface area (Å²) in [6.45, 7) is 13.7. The molecular formula is C22H30N2. The summed E-state index contributed by atoms with van der Waals surface area (Å²) in [6.07, 6.45) is 6.27. The molecule has 2 heterocycles. The van der Waals surface area contributed by atoms with Crippen molar-refractivity contribution in [1.82, 2.24) is 9.97 Å². The highest BCUT2D eigenvalue weighted by molar-refractivity contribution is 5.36. The second kappa shape index (κ2) is 5.98. The molecule has 0 spiro atoms. The summed E-state index contributed by atoms with van der Waals surface area (Å²) in [6, 6.07) is 8.50. The lowest BCUT2D eigenvalue weighted by molar-refractivity contribution is 0.480. The molecule has 2 heteroatoms. The minimum absolute atomic E-state index is 0.288. The molecule has 0 N–H and O–H groups in total. The Morgan fingerprint density at radius 3 is 1.46 bits per heavy atom. The number of hydrogen-bond donors (Lipinski definition) is 0. The molecule has 4 rings (SSSR count). The first kappa shape index (κ1) is 17.1. The Balaban J connectivity index is 0.000000141. The van der Waals surface area contributed by atoms with Gasteiger partial charge in [-0.1, -0.05) is 53.7 Å². The molecule has 2 aliphatic carbocycles. The maximum Gasteiger partial charge on any atom is 0.0494 e. The van der Waals surface area contributed by atoms with Gasteiger partial charge < -0.3 is 0 Å². The van der Waals surface area contributed by atoms with E-state index in [2.05, 4.69) is 63.6 Å². The highest BCUT2D eigenvalue weighted by Gasteiger charge is 2.36. The van der Waals surface area contributed by atoms with Gasteiger partial charge >= 0.3 is 0 Å². The smallest absolute Gasteiger partial charge is 0.0494 e. The van der Waals surface area contributed by atoms with Gasteiger partial charge in [-0.2, -0.15) is 0 Å². The highest BCUT2D eigenvalue weighted by atomic mass is 14.7. The Hall–Kier alpha value is -1.70. The van der Waals surface area contributed by atoms with E-state index in [1.807, 2.05) is 24.5 Å². The van der Waals surface area contributed by atoms with Gasteiger partial charge in [0.1, 0.15) is 0 Å². The molecule has 2 aliphatic rings. The summed E-state index contributed by atoms with van der Waals surface area (Å²) < 4.78 is 0. The van der Waals surface area contributed by atoms with E-state index in [1.165, 1.54) is 35.4 Å². The van der Waals surface area contributed by atoms with Gasteiger partial charge in [0.15, 0.2) is 0 Å². The van der Waals surface area contributed by atoms with Crippen molar-refractivity contribution in [2.75, 3.05) is 0 Å². The second-order valence-electron chi connectivity index (χ2n) is 8.86. The van der Waals surface area contributed by atoms with Crippen LogP contribution in [0.2, 0.25) is 0 Å². The fourth-order valence-corrected chi connectivity index (χ4v) is 4.71. The Morgan fingerprint density at radius 1 is 0.750 bits per heavy atom. The predicted octanol–water partition coefficient (Wildman–Crippen LogP) is 5.73. The van der Waals surface area contributed by atoms with Gasteiger partial charge in [0.2, 0.25) is 0 Å². The molecule has 0 saturated heterocycles. The molecular weight excluding hydrogens is 292 g/mol. The molecule has 2 nitrogen and oxygen atoms in total. The van der Waals surface area contributed by atoms with Crippen molar-refractivity contribution in [3.05, 3.63) is 59.2 Å². The third-order valence-corrected chi connectivity index (χ3v) is 5.65. The van der Waals surface area contributed by atoms with E-state index in [-0.39, 0.29) is 10.8 Å². The maximum atomic E-state index is 4.46. The summed E-state index contributed by atoms with van der Waals surface area (Å²) in [7, 11) is 0. The molecule has 0 bridgehead atoms. The molecule has 0 aromatic carbocycles. The van der Waals surface area contributed by atoms with E-state index in [1.54, 1.807) is 0 Å². The van der Waals surface area contributed by atoms with Crippen LogP contribution in [0.1, 0.15) is 88.7 Å². The van der Waals surface area contributed by atoms with Crippen LogP contribution in [0, 0.1) is 0 Å². The van der Waals surface area contributed by atoms with Crippen LogP contribution in [0.3, 0.4) is 0 Å². The number of rotatable bonds is 0. The average molecular weight is 322 g/mol. The number of pyridine rings is 2. The zero-order chi connectivity index (χ0) is 17.5. The predicted molar refractivity (Wildman–Crippen MR) is 101 cm³/mol. The van der Waals surface area contributed by atoms with Crippen molar-refractivity contribution in [3.63, 3.8) is 0 Å². The summed E-state index contributed by atoms with van der Waals surface area (Å²) in [4.78, 5) is 8.92. The first-order chi connectivity index (χ1) is 11.2. The van der Waals surface area contributed by atoms with E-state index in [9.17, 15) is 0 Å². The lowest BCUT2D eigenvalue weighted by atomic mass is 9.89. The van der Waals surface area contributed by atoms with Crippen molar-refractivity contribution < 1.29 is 0 Å². The molecule has 0 fully saturated rings. The third kappa shape index (κ3) is 2.99. The third-order valence-electron chi connectivity index (χ3n) is 5.65. The van der Waals surface area contributed by atoms with Crippen LogP contribution in [0.4, 0.5) is 0 Å². The van der Waals surface area contributed by atoms with Gasteiger partial charge in [-0.05, 0) is 47.9 Å². The van der Waals surface area contributed by atoms with Crippen molar-refractivity contribution in [2.24, 2.45) is 0 Å². The Morgan fingerprint density at radius 2 is 1.12 bits per heavy atom. The van der Waals surface area contributed by atoms with Gasteiger partial charge in [-0.15, -0.1) is 0 Å². The zero-order valence-electron chi connectivity index (χ0n) is 15.9. The van der Waals surface area contributed by atoms with Gasteiger partial charge in [0.05, 0.1) is 0 Å². The highest BCUT2D eigenvalue weighted by Crippen LogP contribution is 2.44. The van der Waals surface area contributed by atoms with Crippen LogP contribution in [0.15, 0.2) is 36.7 Å². The molecule has 2 aromatic rings. The number of aromatic nitrogens is 2. The van der Waals surface area contributed by atoms with Crippen molar-refractivity contribution in [1.29, 1.82) is 0 Å². The lowest BCUT2D eigenvalue weighted by Gasteiger charge is -2.17. The van der Waals surface area contributed by atoms with Crippen LogP contribution < -0.4 is 0 Å². The zero-order valence-corrected chi connectivity index (χ0v) is 15.9. The van der Waals surface area contributed by atoms with Crippen LogP contribution in [-0.4, -0.2) is 9.97 Å². The van der Waals surface area contributed by atoms with E-state index < -0.39 is 0 Å². The fourth-order valence-electron chi connectivity index (χ4n) is 4.71. The van der Waals surface area contributed by atoms with Gasteiger partial charge in [0.25, 0.3) is 0 Å². The molecule has 2 unspecified atom stereocenters. The van der Waals surface area contributed by atoms with E-state index >= 15 is 0 Å². The van der Waals surface area contributed by atoms with Crippen LogP contribution >= 0.6 is 0 Å². The van der Waals surface area contributed by atoms with E-state index in [0.29, 0.717) is 11.8 Å². The Kier molecular flexibility index (Phi) is 4.27. The normalized spacial score (nSPS) is 25.4. The molecule has 0 radical (unpaired) electrons. The van der Waals surface area contributed by atoms with Gasteiger partial charge in [0, 0.05) is 34.6 Å². The number of hydrogen-bond acceptors (Lipinski definition) is 2. The fraction of sp³-hybridized carbons (Fsp3) is 0.545. The lowest BCUT2D eigenvalue weighted by Crippen LogP contribution is -2.13.